The summed E-state index contributed by atoms with van der Waals surface area (Å²) < 4.78 is 0. The standard InChI is InChI=1S/C18H26O2/c1-9(2)17(19)15-11(5)13(7)16(14(8)12(15)6)18(20)10(3)4/h9-10H,1-8H3. The van der Waals surface area contributed by atoms with E-state index in [0.717, 1.165) is 33.4 Å². The van der Waals surface area contributed by atoms with E-state index in [1.807, 2.05) is 55.4 Å². The molecule has 20 heavy (non-hydrogen) atoms. The molecule has 0 aliphatic rings. The van der Waals surface area contributed by atoms with Crippen LogP contribution >= 0.6 is 0 Å². The summed E-state index contributed by atoms with van der Waals surface area (Å²) in [6.45, 7) is 15.5. The van der Waals surface area contributed by atoms with Crippen LogP contribution in [0.5, 0.6) is 0 Å². The average molecular weight is 274 g/mol. The largest absolute Gasteiger partial charge is 0.294 e. The maximum atomic E-state index is 12.4. The van der Waals surface area contributed by atoms with Crippen LogP contribution in [0.4, 0.5) is 0 Å². The first kappa shape index (κ1) is 16.6. The van der Waals surface area contributed by atoms with Crippen LogP contribution < -0.4 is 0 Å². The highest BCUT2D eigenvalue weighted by Crippen LogP contribution is 2.30. The van der Waals surface area contributed by atoms with Gasteiger partial charge in [-0.3, -0.25) is 9.59 Å². The van der Waals surface area contributed by atoms with Crippen molar-refractivity contribution in [2.24, 2.45) is 11.8 Å². The monoisotopic (exact) mass is 274 g/mol. The number of carbonyl (C=O) groups is 2. The second-order valence-electron chi connectivity index (χ2n) is 6.29. The normalized spacial score (nSPS) is 11.3. The number of ketones is 2. The first-order valence-corrected chi connectivity index (χ1v) is 7.29. The van der Waals surface area contributed by atoms with Crippen molar-refractivity contribution in [2.45, 2.75) is 55.4 Å². The van der Waals surface area contributed by atoms with E-state index in [4.69, 9.17) is 0 Å². The van der Waals surface area contributed by atoms with E-state index in [9.17, 15) is 9.59 Å². The molecule has 0 amide bonds. The Hall–Kier alpha value is -1.44. The Morgan fingerprint density at radius 1 is 0.600 bits per heavy atom. The molecular formula is C18H26O2. The molecule has 2 heteroatoms. The number of Topliss-reactive ketones (excluding diaryl/α,β-unsaturated/α-hetero) is 2. The second-order valence-corrected chi connectivity index (χ2v) is 6.29. The van der Waals surface area contributed by atoms with Gasteiger partial charge in [0.2, 0.25) is 0 Å². The highest BCUT2D eigenvalue weighted by Gasteiger charge is 2.25. The van der Waals surface area contributed by atoms with Crippen molar-refractivity contribution in [1.29, 1.82) is 0 Å². The van der Waals surface area contributed by atoms with Crippen molar-refractivity contribution in [3.8, 4) is 0 Å². The third kappa shape index (κ3) is 2.70. The summed E-state index contributed by atoms with van der Waals surface area (Å²) in [5.74, 6) is 0.264. The zero-order chi connectivity index (χ0) is 15.8. The van der Waals surface area contributed by atoms with Crippen molar-refractivity contribution in [1.82, 2.24) is 0 Å². The molecule has 0 aromatic heterocycles. The fourth-order valence-electron chi connectivity index (χ4n) is 2.63. The molecule has 0 saturated heterocycles. The van der Waals surface area contributed by atoms with Crippen molar-refractivity contribution >= 4 is 11.6 Å². The van der Waals surface area contributed by atoms with Gasteiger partial charge in [0.05, 0.1) is 0 Å². The summed E-state index contributed by atoms with van der Waals surface area (Å²) >= 11 is 0. The summed E-state index contributed by atoms with van der Waals surface area (Å²) in [5.41, 5.74) is 5.42. The van der Waals surface area contributed by atoms with Gasteiger partial charge in [-0.15, -0.1) is 0 Å². The minimum Gasteiger partial charge on any atom is -0.294 e. The molecule has 0 N–H and O–H groups in total. The third-order valence-corrected chi connectivity index (χ3v) is 4.17. The molecule has 0 radical (unpaired) electrons. The summed E-state index contributed by atoms with van der Waals surface area (Å²) in [4.78, 5) is 24.8. The molecule has 1 aromatic rings. The smallest absolute Gasteiger partial charge is 0.165 e. The van der Waals surface area contributed by atoms with Gasteiger partial charge in [-0.2, -0.15) is 0 Å². The van der Waals surface area contributed by atoms with Gasteiger partial charge in [-0.1, -0.05) is 27.7 Å². The molecule has 0 saturated carbocycles. The molecule has 0 aliphatic heterocycles. The van der Waals surface area contributed by atoms with Gasteiger partial charge in [-0.05, 0) is 49.9 Å². The molecule has 0 heterocycles. The Balaban J connectivity index is 3.66. The van der Waals surface area contributed by atoms with Gasteiger partial charge in [0, 0.05) is 23.0 Å². The minimum absolute atomic E-state index is 0.0298. The molecule has 1 rings (SSSR count). The van der Waals surface area contributed by atoms with Crippen LogP contribution in [-0.4, -0.2) is 11.6 Å². The van der Waals surface area contributed by atoms with Crippen LogP contribution in [0, 0.1) is 39.5 Å². The van der Waals surface area contributed by atoms with E-state index in [1.165, 1.54) is 0 Å². The average Bonchev–Trinajstić information content (AvgIpc) is 2.36. The summed E-state index contributed by atoms with van der Waals surface area (Å²) in [6, 6.07) is 0. The highest BCUT2D eigenvalue weighted by molar-refractivity contribution is 6.05. The lowest BCUT2D eigenvalue weighted by molar-refractivity contribution is 0.0926. The molecule has 110 valence electrons. The summed E-state index contributed by atoms with van der Waals surface area (Å²) in [6.07, 6.45) is 0. The lowest BCUT2D eigenvalue weighted by atomic mass is 9.82. The van der Waals surface area contributed by atoms with Crippen LogP contribution in [0.3, 0.4) is 0 Å². The van der Waals surface area contributed by atoms with Crippen LogP contribution in [-0.2, 0) is 0 Å². The lowest BCUT2D eigenvalue weighted by Crippen LogP contribution is -2.18. The topological polar surface area (TPSA) is 34.1 Å². The van der Waals surface area contributed by atoms with E-state index >= 15 is 0 Å². The maximum absolute atomic E-state index is 12.4. The summed E-state index contributed by atoms with van der Waals surface area (Å²) in [7, 11) is 0. The highest BCUT2D eigenvalue weighted by atomic mass is 16.1. The van der Waals surface area contributed by atoms with Gasteiger partial charge >= 0.3 is 0 Å². The Bertz CT molecular complexity index is 483. The fourth-order valence-corrected chi connectivity index (χ4v) is 2.63. The van der Waals surface area contributed by atoms with Gasteiger partial charge in [0.1, 0.15) is 0 Å². The van der Waals surface area contributed by atoms with Gasteiger partial charge in [0.15, 0.2) is 11.6 Å². The quantitative estimate of drug-likeness (QED) is 0.752. The van der Waals surface area contributed by atoms with Gasteiger partial charge in [0.25, 0.3) is 0 Å². The number of hydrogen-bond donors (Lipinski definition) is 0. The van der Waals surface area contributed by atoms with Crippen LogP contribution in [0.1, 0.15) is 70.7 Å². The first-order valence-electron chi connectivity index (χ1n) is 7.29. The molecule has 0 fully saturated rings. The minimum atomic E-state index is -0.0298. The van der Waals surface area contributed by atoms with Crippen molar-refractivity contribution in [3.63, 3.8) is 0 Å². The molecule has 0 aliphatic carbocycles. The number of hydrogen-bond acceptors (Lipinski definition) is 2. The predicted octanol–water partition coefficient (Wildman–Crippen LogP) is 4.60. The van der Waals surface area contributed by atoms with Crippen LogP contribution in [0.15, 0.2) is 0 Å². The zero-order valence-electron chi connectivity index (χ0n) is 14.0. The van der Waals surface area contributed by atoms with Crippen molar-refractivity contribution < 1.29 is 9.59 Å². The Labute approximate surface area is 122 Å². The Morgan fingerprint density at radius 3 is 0.950 bits per heavy atom. The number of benzene rings is 1. The van der Waals surface area contributed by atoms with Gasteiger partial charge < -0.3 is 0 Å². The number of carbonyl (C=O) groups excluding carboxylic acids is 2. The van der Waals surface area contributed by atoms with Crippen molar-refractivity contribution in [3.05, 3.63) is 33.4 Å². The van der Waals surface area contributed by atoms with E-state index in [2.05, 4.69) is 0 Å². The molecular weight excluding hydrogens is 248 g/mol. The first-order chi connectivity index (χ1) is 9.11. The molecule has 0 unspecified atom stereocenters. The molecule has 0 atom stereocenters. The molecule has 0 spiro atoms. The van der Waals surface area contributed by atoms with E-state index in [-0.39, 0.29) is 23.4 Å². The maximum Gasteiger partial charge on any atom is 0.165 e. The molecule has 2 nitrogen and oxygen atoms in total. The lowest BCUT2D eigenvalue weighted by Gasteiger charge is -2.21. The number of rotatable bonds is 4. The fraction of sp³-hybridized carbons (Fsp3) is 0.556. The van der Waals surface area contributed by atoms with E-state index in [0.29, 0.717) is 0 Å². The predicted molar refractivity (Wildman–Crippen MR) is 83.7 cm³/mol. The van der Waals surface area contributed by atoms with Crippen LogP contribution in [0.2, 0.25) is 0 Å². The van der Waals surface area contributed by atoms with Crippen LogP contribution in [0.25, 0.3) is 0 Å². The van der Waals surface area contributed by atoms with Crippen molar-refractivity contribution in [2.75, 3.05) is 0 Å². The zero-order valence-corrected chi connectivity index (χ0v) is 14.0. The summed E-state index contributed by atoms with van der Waals surface area (Å²) in [5, 5.41) is 0. The Kier molecular flexibility index (Phi) is 4.90. The Morgan fingerprint density at radius 2 is 0.800 bits per heavy atom. The second kappa shape index (κ2) is 5.90. The molecule has 1 aromatic carbocycles. The molecule has 0 bridgehead atoms. The van der Waals surface area contributed by atoms with E-state index < -0.39 is 0 Å². The third-order valence-electron chi connectivity index (χ3n) is 4.17. The SMILES string of the molecule is Cc1c(C)c(C(=O)C(C)C)c(C)c(C)c1C(=O)C(C)C. The van der Waals surface area contributed by atoms with E-state index in [1.54, 1.807) is 0 Å². The van der Waals surface area contributed by atoms with Gasteiger partial charge in [-0.25, -0.2) is 0 Å².